The van der Waals surface area contributed by atoms with E-state index in [4.69, 9.17) is 9.79 Å². The van der Waals surface area contributed by atoms with Gasteiger partial charge in [0.05, 0.1) is 23.4 Å². The number of hydrogen-bond acceptors (Lipinski definition) is 4. The molecule has 124 valence electrons. The van der Waals surface area contributed by atoms with Gasteiger partial charge in [0.25, 0.3) is 5.56 Å². The minimum atomic E-state index is -3.99. The minimum Gasteiger partial charge on any atom is -0.324 e. The molecule has 0 saturated heterocycles. The van der Waals surface area contributed by atoms with Gasteiger partial charge in [0, 0.05) is 24.2 Å². The summed E-state index contributed by atoms with van der Waals surface area (Å²) < 4.78 is 12.2. The van der Waals surface area contributed by atoms with Crippen molar-refractivity contribution in [3.8, 4) is 11.3 Å². The van der Waals surface area contributed by atoms with Gasteiger partial charge >= 0.3 is 7.60 Å². The lowest BCUT2D eigenvalue weighted by molar-refractivity contribution is 0.373. The SMILES string of the molecule is Cn1ncc2cc(-c3ccc(CCP(=O)(O)O)cc3)ncc2c1=O. The van der Waals surface area contributed by atoms with Crippen LogP contribution in [0.2, 0.25) is 0 Å². The number of nitrogens with zero attached hydrogens (tertiary/aromatic N) is 3. The van der Waals surface area contributed by atoms with E-state index in [9.17, 15) is 9.36 Å². The molecule has 24 heavy (non-hydrogen) atoms. The summed E-state index contributed by atoms with van der Waals surface area (Å²) in [7, 11) is -2.40. The molecule has 0 unspecified atom stereocenters. The molecule has 0 aliphatic carbocycles. The smallest absolute Gasteiger partial charge is 0.324 e. The number of benzene rings is 1. The largest absolute Gasteiger partial charge is 0.325 e. The van der Waals surface area contributed by atoms with E-state index in [-0.39, 0.29) is 11.7 Å². The average molecular weight is 345 g/mol. The third-order valence-corrected chi connectivity index (χ3v) is 4.58. The zero-order valence-corrected chi connectivity index (χ0v) is 13.8. The highest BCUT2D eigenvalue weighted by Crippen LogP contribution is 2.35. The highest BCUT2D eigenvalue weighted by atomic mass is 31.2. The molecule has 2 aromatic heterocycles. The van der Waals surface area contributed by atoms with E-state index in [1.165, 1.54) is 10.9 Å². The molecular formula is C16H16N3O4P. The number of pyridine rings is 1. The van der Waals surface area contributed by atoms with Crippen molar-refractivity contribution in [3.05, 3.63) is 58.6 Å². The highest BCUT2D eigenvalue weighted by Gasteiger charge is 2.12. The van der Waals surface area contributed by atoms with Crippen LogP contribution < -0.4 is 5.56 Å². The second-order valence-electron chi connectivity index (χ2n) is 5.57. The van der Waals surface area contributed by atoms with E-state index in [0.717, 1.165) is 11.1 Å². The van der Waals surface area contributed by atoms with Crippen molar-refractivity contribution in [1.82, 2.24) is 14.8 Å². The Kier molecular flexibility index (Phi) is 4.32. The lowest BCUT2D eigenvalue weighted by atomic mass is 10.1. The van der Waals surface area contributed by atoms with E-state index in [2.05, 4.69) is 10.1 Å². The summed E-state index contributed by atoms with van der Waals surface area (Å²) in [6, 6.07) is 9.13. The standard InChI is InChI=1S/C16H16N3O4P/c1-19-16(20)14-10-17-15(8-13(14)9-18-19)12-4-2-11(3-5-12)6-7-24(21,22)23/h2-5,8-10H,6-7H2,1H3,(H2,21,22,23). The monoisotopic (exact) mass is 345 g/mol. The summed E-state index contributed by atoms with van der Waals surface area (Å²) in [4.78, 5) is 34.1. The van der Waals surface area contributed by atoms with Crippen LogP contribution in [-0.4, -0.2) is 30.7 Å². The maximum absolute atomic E-state index is 12.0. The lowest BCUT2D eigenvalue weighted by Gasteiger charge is -2.06. The molecule has 0 radical (unpaired) electrons. The van der Waals surface area contributed by atoms with Crippen molar-refractivity contribution < 1.29 is 14.4 Å². The number of aromatic nitrogens is 3. The second-order valence-corrected chi connectivity index (χ2v) is 7.34. The molecule has 0 atom stereocenters. The van der Waals surface area contributed by atoms with Crippen molar-refractivity contribution in [3.63, 3.8) is 0 Å². The molecule has 0 aliphatic rings. The van der Waals surface area contributed by atoms with Gasteiger partial charge in [-0.3, -0.25) is 14.3 Å². The quantitative estimate of drug-likeness (QED) is 0.698. The summed E-state index contributed by atoms with van der Waals surface area (Å²) in [6.07, 6.45) is 3.30. The van der Waals surface area contributed by atoms with E-state index in [0.29, 0.717) is 22.9 Å². The summed E-state index contributed by atoms with van der Waals surface area (Å²) in [5.41, 5.74) is 2.22. The third-order valence-electron chi connectivity index (χ3n) is 3.77. The van der Waals surface area contributed by atoms with Crippen LogP contribution >= 0.6 is 7.60 Å². The van der Waals surface area contributed by atoms with Crippen LogP contribution in [0.5, 0.6) is 0 Å². The van der Waals surface area contributed by atoms with E-state index >= 15 is 0 Å². The third kappa shape index (κ3) is 3.59. The predicted octanol–water partition coefficient (Wildman–Crippen LogP) is 1.72. The molecule has 0 bridgehead atoms. The molecule has 8 heteroatoms. The first-order chi connectivity index (χ1) is 11.3. The molecule has 3 aromatic rings. The summed E-state index contributed by atoms with van der Waals surface area (Å²) >= 11 is 0. The van der Waals surface area contributed by atoms with Crippen LogP contribution in [0.1, 0.15) is 5.56 Å². The Hall–Kier alpha value is -2.34. The van der Waals surface area contributed by atoms with Crippen LogP contribution in [0.4, 0.5) is 0 Å². The van der Waals surface area contributed by atoms with Crippen molar-refractivity contribution in [2.45, 2.75) is 6.42 Å². The van der Waals surface area contributed by atoms with Gasteiger partial charge in [-0.25, -0.2) is 4.68 Å². The Bertz CT molecular complexity index is 992. The topological polar surface area (TPSA) is 105 Å². The summed E-state index contributed by atoms with van der Waals surface area (Å²) in [5.74, 6) is 0. The Morgan fingerprint density at radius 3 is 2.54 bits per heavy atom. The van der Waals surface area contributed by atoms with Gasteiger partial charge in [0.2, 0.25) is 0 Å². The Balaban J connectivity index is 1.89. The minimum absolute atomic E-state index is 0.171. The second kappa shape index (κ2) is 6.28. The predicted molar refractivity (Wildman–Crippen MR) is 90.8 cm³/mol. The summed E-state index contributed by atoms with van der Waals surface area (Å²) in [6.45, 7) is 0. The van der Waals surface area contributed by atoms with Gasteiger partial charge < -0.3 is 9.79 Å². The van der Waals surface area contributed by atoms with Gasteiger partial charge in [-0.15, -0.1) is 0 Å². The fourth-order valence-electron chi connectivity index (χ4n) is 2.41. The summed E-state index contributed by atoms with van der Waals surface area (Å²) in [5, 5.41) is 5.23. The van der Waals surface area contributed by atoms with E-state index < -0.39 is 7.60 Å². The molecule has 0 aliphatic heterocycles. The average Bonchev–Trinajstić information content (AvgIpc) is 2.56. The van der Waals surface area contributed by atoms with Crippen molar-refractivity contribution in [1.29, 1.82) is 0 Å². The molecule has 0 saturated carbocycles. The maximum Gasteiger partial charge on any atom is 0.325 e. The maximum atomic E-state index is 12.0. The molecule has 3 rings (SSSR count). The van der Waals surface area contributed by atoms with E-state index in [1.807, 2.05) is 24.3 Å². The zero-order valence-electron chi connectivity index (χ0n) is 13.0. The molecule has 2 heterocycles. The zero-order chi connectivity index (χ0) is 17.3. The molecule has 2 N–H and O–H groups in total. The van der Waals surface area contributed by atoms with Crippen LogP contribution in [0, 0.1) is 0 Å². The van der Waals surface area contributed by atoms with Crippen molar-refractivity contribution in [2.75, 3.05) is 6.16 Å². The normalized spacial score (nSPS) is 11.8. The Morgan fingerprint density at radius 2 is 1.88 bits per heavy atom. The van der Waals surface area contributed by atoms with Crippen molar-refractivity contribution in [2.24, 2.45) is 7.05 Å². The first-order valence-corrected chi connectivity index (χ1v) is 9.09. The molecular weight excluding hydrogens is 329 g/mol. The number of hydrogen-bond donors (Lipinski definition) is 2. The lowest BCUT2D eigenvalue weighted by Crippen LogP contribution is -2.19. The Labute approximate surface area is 137 Å². The molecule has 1 aromatic carbocycles. The van der Waals surface area contributed by atoms with Crippen molar-refractivity contribution >= 4 is 18.4 Å². The van der Waals surface area contributed by atoms with Gasteiger partial charge in [0.15, 0.2) is 0 Å². The first-order valence-electron chi connectivity index (χ1n) is 7.29. The van der Waals surface area contributed by atoms with Crippen LogP contribution in [0.3, 0.4) is 0 Å². The molecule has 0 spiro atoms. The van der Waals surface area contributed by atoms with Gasteiger partial charge in [-0.05, 0) is 18.1 Å². The highest BCUT2D eigenvalue weighted by molar-refractivity contribution is 7.51. The van der Waals surface area contributed by atoms with Crippen LogP contribution in [0.15, 0.2) is 47.5 Å². The molecule has 0 fully saturated rings. The van der Waals surface area contributed by atoms with Crippen LogP contribution in [0.25, 0.3) is 22.0 Å². The van der Waals surface area contributed by atoms with Gasteiger partial charge in [0.1, 0.15) is 0 Å². The number of aryl methyl sites for hydroxylation is 2. The fourth-order valence-corrected chi connectivity index (χ4v) is 2.96. The first kappa shape index (κ1) is 16.5. The molecule has 0 amide bonds. The fraction of sp³-hybridized carbons (Fsp3) is 0.188. The number of fused-ring (bicyclic) bond motifs is 1. The number of rotatable bonds is 4. The molecule has 7 nitrogen and oxygen atoms in total. The van der Waals surface area contributed by atoms with E-state index in [1.54, 1.807) is 19.3 Å². The van der Waals surface area contributed by atoms with Gasteiger partial charge in [-0.1, -0.05) is 24.3 Å². The van der Waals surface area contributed by atoms with Gasteiger partial charge in [-0.2, -0.15) is 5.10 Å². The Morgan fingerprint density at radius 1 is 1.17 bits per heavy atom. The van der Waals surface area contributed by atoms with Crippen LogP contribution in [-0.2, 0) is 18.0 Å².